The first-order valence-electron chi connectivity index (χ1n) is 9.60. The van der Waals surface area contributed by atoms with E-state index in [1.165, 1.54) is 49.1 Å². The summed E-state index contributed by atoms with van der Waals surface area (Å²) < 4.78 is 13.1. The summed E-state index contributed by atoms with van der Waals surface area (Å²) in [5.41, 5.74) is 1.04. The van der Waals surface area contributed by atoms with Crippen LogP contribution in [0.15, 0.2) is 30.3 Å². The van der Waals surface area contributed by atoms with E-state index in [1.54, 1.807) is 11.3 Å². The van der Waals surface area contributed by atoms with Crippen molar-refractivity contribution >= 4 is 33.5 Å². The molecule has 1 aliphatic carbocycles. The molecule has 29 heavy (non-hydrogen) atoms. The number of carboxylic acid groups (broad SMARTS) is 2. The van der Waals surface area contributed by atoms with Crippen LogP contribution < -0.4 is 5.32 Å². The van der Waals surface area contributed by atoms with Gasteiger partial charge in [0.25, 0.3) is 0 Å². The van der Waals surface area contributed by atoms with Crippen molar-refractivity contribution in [1.29, 1.82) is 0 Å². The van der Waals surface area contributed by atoms with Crippen molar-refractivity contribution in [3.05, 3.63) is 52.4 Å². The molecule has 3 aromatic rings. The fourth-order valence-corrected chi connectivity index (χ4v) is 4.41. The number of aryl methyl sites for hydroxylation is 1. The van der Waals surface area contributed by atoms with E-state index in [-0.39, 0.29) is 5.82 Å². The molecule has 1 aromatic carbocycles. The molecule has 0 spiro atoms. The van der Waals surface area contributed by atoms with Crippen molar-refractivity contribution < 1.29 is 19.4 Å². The number of rotatable bonds is 4. The SMILES string of the molecule is Cc1cc2c(NCc3ccc(F)cc3)nc(C3CCCCC3)nc2s1.O=C(O)O. The van der Waals surface area contributed by atoms with Crippen LogP contribution in [-0.4, -0.2) is 26.3 Å². The number of thiophene rings is 1. The lowest BCUT2D eigenvalue weighted by Crippen LogP contribution is -2.11. The molecular weight excluding hydrogens is 393 g/mol. The normalized spacial score (nSPS) is 14.3. The molecule has 3 N–H and O–H groups in total. The average Bonchev–Trinajstić information content (AvgIpc) is 3.08. The van der Waals surface area contributed by atoms with Crippen molar-refractivity contribution in [2.24, 2.45) is 0 Å². The number of anilines is 1. The van der Waals surface area contributed by atoms with Gasteiger partial charge in [-0.1, -0.05) is 31.4 Å². The van der Waals surface area contributed by atoms with Crippen LogP contribution in [0.3, 0.4) is 0 Å². The lowest BCUT2D eigenvalue weighted by atomic mass is 9.89. The number of nitrogens with zero attached hydrogens (tertiary/aromatic N) is 2. The van der Waals surface area contributed by atoms with E-state index in [0.717, 1.165) is 27.4 Å². The van der Waals surface area contributed by atoms with Crippen molar-refractivity contribution in [2.45, 2.75) is 51.5 Å². The van der Waals surface area contributed by atoms with Crippen molar-refractivity contribution in [3.8, 4) is 0 Å². The molecule has 1 aliphatic rings. The van der Waals surface area contributed by atoms with Gasteiger partial charge in [-0.3, -0.25) is 0 Å². The number of hydrogen-bond donors (Lipinski definition) is 3. The van der Waals surface area contributed by atoms with E-state index in [9.17, 15) is 4.39 Å². The van der Waals surface area contributed by atoms with E-state index in [0.29, 0.717) is 12.5 Å². The molecule has 4 rings (SSSR count). The molecule has 0 saturated heterocycles. The van der Waals surface area contributed by atoms with Gasteiger partial charge < -0.3 is 15.5 Å². The minimum absolute atomic E-state index is 0.207. The lowest BCUT2D eigenvalue weighted by Gasteiger charge is -2.21. The molecule has 2 aromatic heterocycles. The predicted molar refractivity (Wildman–Crippen MR) is 112 cm³/mol. The number of hydrogen-bond acceptors (Lipinski definition) is 5. The zero-order chi connectivity index (χ0) is 20.8. The second-order valence-corrected chi connectivity index (χ2v) is 8.34. The predicted octanol–water partition coefficient (Wildman–Crippen LogP) is 6.02. The minimum Gasteiger partial charge on any atom is -0.450 e. The quantitative estimate of drug-likeness (QED) is 0.480. The van der Waals surface area contributed by atoms with Crippen molar-refractivity contribution in [3.63, 3.8) is 0 Å². The van der Waals surface area contributed by atoms with Crippen LogP contribution in [0.2, 0.25) is 0 Å². The third kappa shape index (κ3) is 5.87. The number of nitrogens with one attached hydrogen (secondary N) is 1. The van der Waals surface area contributed by atoms with Crippen LogP contribution in [0, 0.1) is 12.7 Å². The Balaban J connectivity index is 0.000000552. The minimum atomic E-state index is -1.83. The molecular formula is C21H24FN3O3S. The number of aromatic nitrogens is 2. The highest BCUT2D eigenvalue weighted by atomic mass is 32.1. The molecule has 0 bridgehead atoms. The highest BCUT2D eigenvalue weighted by Gasteiger charge is 2.20. The molecule has 0 radical (unpaired) electrons. The molecule has 1 saturated carbocycles. The van der Waals surface area contributed by atoms with E-state index in [1.807, 2.05) is 12.1 Å². The highest BCUT2D eigenvalue weighted by molar-refractivity contribution is 7.18. The van der Waals surface area contributed by atoms with Gasteiger partial charge in [-0.25, -0.2) is 19.2 Å². The van der Waals surface area contributed by atoms with Crippen LogP contribution in [0.4, 0.5) is 15.0 Å². The average molecular weight is 418 g/mol. The zero-order valence-corrected chi connectivity index (χ0v) is 17.0. The summed E-state index contributed by atoms with van der Waals surface area (Å²) in [5, 5.41) is 18.5. The Morgan fingerprint density at radius 2 is 1.83 bits per heavy atom. The van der Waals surface area contributed by atoms with Gasteiger partial charge in [0, 0.05) is 17.3 Å². The summed E-state index contributed by atoms with van der Waals surface area (Å²) in [5.74, 6) is 2.16. The third-order valence-electron chi connectivity index (χ3n) is 4.88. The van der Waals surface area contributed by atoms with Crippen LogP contribution in [0.1, 0.15) is 54.3 Å². The number of benzene rings is 1. The first kappa shape index (κ1) is 21.0. The van der Waals surface area contributed by atoms with E-state index >= 15 is 0 Å². The van der Waals surface area contributed by atoms with Gasteiger partial charge >= 0.3 is 6.16 Å². The van der Waals surface area contributed by atoms with Gasteiger partial charge in [0.1, 0.15) is 22.3 Å². The standard InChI is InChI=1S/C20H22FN3S.CH2O3/c1-13-11-17-19(22-12-14-7-9-16(21)10-8-14)23-18(24-20(17)25-13)15-5-3-2-4-6-15;2-1(3)4/h7-11,15H,2-6,12H2,1H3,(H,22,23,24);(H2,2,3,4). The second-order valence-electron chi connectivity index (χ2n) is 7.10. The summed E-state index contributed by atoms with van der Waals surface area (Å²) in [7, 11) is 0. The van der Waals surface area contributed by atoms with Gasteiger partial charge in [-0.05, 0) is 43.5 Å². The number of halogens is 1. The Hall–Kier alpha value is -2.74. The van der Waals surface area contributed by atoms with Crippen LogP contribution in [0.25, 0.3) is 10.2 Å². The second kappa shape index (κ2) is 9.65. The van der Waals surface area contributed by atoms with E-state index in [2.05, 4.69) is 18.3 Å². The van der Waals surface area contributed by atoms with Gasteiger partial charge in [0.2, 0.25) is 0 Å². The van der Waals surface area contributed by atoms with Crippen molar-refractivity contribution in [1.82, 2.24) is 9.97 Å². The molecule has 0 unspecified atom stereocenters. The fraction of sp³-hybridized carbons (Fsp3) is 0.381. The molecule has 0 aliphatic heterocycles. The zero-order valence-electron chi connectivity index (χ0n) is 16.2. The molecule has 1 fully saturated rings. The largest absolute Gasteiger partial charge is 0.503 e. The number of fused-ring (bicyclic) bond motifs is 1. The fourth-order valence-electron chi connectivity index (χ4n) is 3.52. The molecule has 2 heterocycles. The van der Waals surface area contributed by atoms with Gasteiger partial charge in [-0.15, -0.1) is 11.3 Å². The van der Waals surface area contributed by atoms with Crippen LogP contribution >= 0.6 is 11.3 Å². The maximum Gasteiger partial charge on any atom is 0.503 e. The van der Waals surface area contributed by atoms with Gasteiger partial charge in [0.05, 0.1) is 5.39 Å². The summed E-state index contributed by atoms with van der Waals surface area (Å²) in [4.78, 5) is 20.6. The molecule has 8 heteroatoms. The molecule has 154 valence electrons. The number of carbonyl (C=O) groups is 1. The van der Waals surface area contributed by atoms with E-state index < -0.39 is 6.16 Å². The summed E-state index contributed by atoms with van der Waals surface area (Å²) in [6.07, 6.45) is 4.41. The third-order valence-corrected chi connectivity index (χ3v) is 5.82. The smallest absolute Gasteiger partial charge is 0.450 e. The van der Waals surface area contributed by atoms with E-state index in [4.69, 9.17) is 25.0 Å². The summed E-state index contributed by atoms with van der Waals surface area (Å²) in [6, 6.07) is 8.75. The summed E-state index contributed by atoms with van der Waals surface area (Å²) in [6.45, 7) is 2.74. The maximum absolute atomic E-state index is 13.1. The Morgan fingerprint density at radius 3 is 2.48 bits per heavy atom. The van der Waals surface area contributed by atoms with Crippen molar-refractivity contribution in [2.75, 3.05) is 5.32 Å². The topological polar surface area (TPSA) is 95.3 Å². The highest BCUT2D eigenvalue weighted by Crippen LogP contribution is 2.35. The van der Waals surface area contributed by atoms with Gasteiger partial charge in [0.15, 0.2) is 0 Å². The van der Waals surface area contributed by atoms with Gasteiger partial charge in [-0.2, -0.15) is 0 Å². The first-order chi connectivity index (χ1) is 13.9. The van der Waals surface area contributed by atoms with Crippen LogP contribution in [-0.2, 0) is 6.54 Å². The maximum atomic E-state index is 13.1. The molecule has 0 amide bonds. The Labute approximate surface area is 172 Å². The summed E-state index contributed by atoms with van der Waals surface area (Å²) >= 11 is 1.73. The molecule has 6 nitrogen and oxygen atoms in total. The molecule has 0 atom stereocenters. The Kier molecular flexibility index (Phi) is 6.98. The monoisotopic (exact) mass is 417 g/mol. The first-order valence-corrected chi connectivity index (χ1v) is 10.4. The lowest BCUT2D eigenvalue weighted by molar-refractivity contribution is 0.137. The Morgan fingerprint density at radius 1 is 1.17 bits per heavy atom. The Bertz CT molecular complexity index is 965. The van der Waals surface area contributed by atoms with Crippen LogP contribution in [0.5, 0.6) is 0 Å².